The Bertz CT molecular complexity index is 447. The van der Waals surface area contributed by atoms with Crippen molar-refractivity contribution in [1.29, 1.82) is 0 Å². The van der Waals surface area contributed by atoms with Crippen LogP contribution in [0, 0.1) is 0 Å². The summed E-state index contributed by atoms with van der Waals surface area (Å²) in [5.41, 5.74) is 1.64. The number of benzene rings is 1. The van der Waals surface area contributed by atoms with Gasteiger partial charge < -0.3 is 9.64 Å². The summed E-state index contributed by atoms with van der Waals surface area (Å²) in [6.07, 6.45) is 1.20. The lowest BCUT2D eigenvalue weighted by Crippen LogP contribution is -2.30. The molecule has 0 bridgehead atoms. The lowest BCUT2D eigenvalue weighted by atomic mass is 10.1. The molecule has 0 N–H and O–H groups in total. The molecule has 1 atom stereocenters. The molecular weight excluding hydrogens is 250 g/mol. The highest BCUT2D eigenvalue weighted by molar-refractivity contribution is 6.33. The fraction of sp³-hybridized carbons (Fsp3) is 0.500. The van der Waals surface area contributed by atoms with Crippen LogP contribution in [0.25, 0.3) is 0 Å². The molecule has 18 heavy (non-hydrogen) atoms. The van der Waals surface area contributed by atoms with Crippen molar-refractivity contribution in [1.82, 2.24) is 0 Å². The van der Waals surface area contributed by atoms with E-state index in [9.17, 15) is 4.79 Å². The van der Waals surface area contributed by atoms with Crippen LogP contribution in [0.15, 0.2) is 18.2 Å². The molecule has 1 aliphatic rings. The van der Waals surface area contributed by atoms with E-state index >= 15 is 0 Å². The van der Waals surface area contributed by atoms with E-state index in [0.29, 0.717) is 10.6 Å². The van der Waals surface area contributed by atoms with Crippen LogP contribution in [0.5, 0.6) is 0 Å². The van der Waals surface area contributed by atoms with Gasteiger partial charge in [0.05, 0.1) is 16.8 Å². The number of carbonyl (C=O) groups excluding carboxylic acids is 1. The highest BCUT2D eigenvalue weighted by Gasteiger charge is 2.17. The minimum atomic E-state index is 0.0380. The molecule has 0 aliphatic carbocycles. The Morgan fingerprint density at radius 2 is 2.28 bits per heavy atom. The molecular formula is C14H18ClNO2. The van der Waals surface area contributed by atoms with Gasteiger partial charge in [0.25, 0.3) is 0 Å². The number of nitrogens with zero attached hydrogens (tertiary/aromatic N) is 1. The molecule has 0 amide bonds. The van der Waals surface area contributed by atoms with E-state index in [2.05, 4.69) is 11.8 Å². The predicted molar refractivity (Wildman–Crippen MR) is 73.7 cm³/mol. The largest absolute Gasteiger partial charge is 0.377 e. The van der Waals surface area contributed by atoms with Gasteiger partial charge in [-0.3, -0.25) is 4.79 Å². The van der Waals surface area contributed by atoms with Crippen LogP contribution in [0.2, 0.25) is 5.02 Å². The van der Waals surface area contributed by atoms with Crippen molar-refractivity contribution < 1.29 is 9.53 Å². The van der Waals surface area contributed by atoms with Gasteiger partial charge in [-0.2, -0.15) is 0 Å². The van der Waals surface area contributed by atoms with Crippen molar-refractivity contribution in [3.8, 4) is 0 Å². The summed E-state index contributed by atoms with van der Waals surface area (Å²) in [5.74, 6) is 0.0380. The van der Waals surface area contributed by atoms with Crippen molar-refractivity contribution >= 4 is 23.1 Å². The molecule has 0 aromatic heterocycles. The normalized spacial score (nSPS) is 20.6. The van der Waals surface area contributed by atoms with Crippen LogP contribution in [0.3, 0.4) is 0 Å². The molecule has 0 radical (unpaired) electrons. The van der Waals surface area contributed by atoms with Crippen molar-refractivity contribution in [2.75, 3.05) is 24.6 Å². The zero-order valence-corrected chi connectivity index (χ0v) is 11.5. The van der Waals surface area contributed by atoms with Crippen LogP contribution in [0.1, 0.15) is 30.6 Å². The van der Waals surface area contributed by atoms with Gasteiger partial charge in [-0.05, 0) is 38.5 Å². The summed E-state index contributed by atoms with van der Waals surface area (Å²) in [7, 11) is 0. The van der Waals surface area contributed by atoms with E-state index in [1.165, 1.54) is 0 Å². The molecule has 0 spiro atoms. The molecule has 0 saturated carbocycles. The third kappa shape index (κ3) is 3.03. The maximum atomic E-state index is 11.3. The molecule has 4 heteroatoms. The van der Waals surface area contributed by atoms with Crippen LogP contribution >= 0.6 is 11.6 Å². The zero-order chi connectivity index (χ0) is 13.1. The Morgan fingerprint density at radius 1 is 1.50 bits per heavy atom. The smallest absolute Gasteiger partial charge is 0.159 e. The number of ether oxygens (including phenoxy) is 1. The topological polar surface area (TPSA) is 29.5 Å². The summed E-state index contributed by atoms with van der Waals surface area (Å²) in [6.45, 7) is 6.17. The number of hydrogen-bond donors (Lipinski definition) is 0. The van der Waals surface area contributed by atoms with Gasteiger partial charge in [-0.15, -0.1) is 0 Å². The van der Waals surface area contributed by atoms with E-state index in [0.717, 1.165) is 31.8 Å². The highest BCUT2D eigenvalue weighted by atomic mass is 35.5. The number of anilines is 1. The summed E-state index contributed by atoms with van der Waals surface area (Å²) in [4.78, 5) is 13.5. The van der Waals surface area contributed by atoms with Gasteiger partial charge in [0, 0.05) is 25.3 Å². The molecule has 1 aliphatic heterocycles. The minimum absolute atomic E-state index is 0.0380. The van der Waals surface area contributed by atoms with Gasteiger partial charge in [0.2, 0.25) is 0 Å². The van der Waals surface area contributed by atoms with E-state index in [1.54, 1.807) is 13.0 Å². The molecule has 1 saturated heterocycles. The first kappa shape index (κ1) is 13.4. The predicted octanol–water partition coefficient (Wildman–Crippen LogP) is 3.16. The quantitative estimate of drug-likeness (QED) is 0.771. The summed E-state index contributed by atoms with van der Waals surface area (Å²) in [6, 6.07) is 5.51. The Hall–Kier alpha value is -1.06. The fourth-order valence-corrected chi connectivity index (χ4v) is 2.50. The summed E-state index contributed by atoms with van der Waals surface area (Å²) < 4.78 is 5.62. The Morgan fingerprint density at radius 3 is 2.94 bits per heavy atom. The van der Waals surface area contributed by atoms with Crippen LogP contribution in [-0.2, 0) is 4.74 Å². The zero-order valence-electron chi connectivity index (χ0n) is 10.8. The number of rotatable bonds is 2. The van der Waals surface area contributed by atoms with Gasteiger partial charge >= 0.3 is 0 Å². The minimum Gasteiger partial charge on any atom is -0.377 e. The molecule has 1 aromatic rings. The standard InChI is InChI=1S/C14H18ClNO2/c1-10-9-16(6-3-7-18-10)14-5-4-12(11(2)17)8-13(14)15/h4-5,8,10H,3,6-7,9H2,1-2H3. The molecule has 1 fully saturated rings. The van der Waals surface area contributed by atoms with Crippen molar-refractivity contribution in [2.24, 2.45) is 0 Å². The average Bonchev–Trinajstić information content (AvgIpc) is 2.53. The van der Waals surface area contributed by atoms with Gasteiger partial charge in [-0.25, -0.2) is 0 Å². The van der Waals surface area contributed by atoms with Crippen LogP contribution in [0.4, 0.5) is 5.69 Å². The van der Waals surface area contributed by atoms with Crippen molar-refractivity contribution in [3.63, 3.8) is 0 Å². The van der Waals surface area contributed by atoms with Gasteiger partial charge in [0.15, 0.2) is 5.78 Å². The molecule has 1 aromatic carbocycles. The second kappa shape index (κ2) is 5.72. The fourth-order valence-electron chi connectivity index (χ4n) is 2.20. The summed E-state index contributed by atoms with van der Waals surface area (Å²) >= 11 is 6.27. The van der Waals surface area contributed by atoms with Crippen molar-refractivity contribution in [3.05, 3.63) is 28.8 Å². The first-order chi connectivity index (χ1) is 8.58. The monoisotopic (exact) mass is 267 g/mol. The van der Waals surface area contributed by atoms with E-state index in [1.807, 2.05) is 12.1 Å². The highest BCUT2D eigenvalue weighted by Crippen LogP contribution is 2.28. The first-order valence-electron chi connectivity index (χ1n) is 6.25. The second-order valence-corrected chi connectivity index (χ2v) is 5.11. The van der Waals surface area contributed by atoms with Crippen LogP contribution in [-0.4, -0.2) is 31.6 Å². The SMILES string of the molecule is CC(=O)c1ccc(N2CCCOC(C)C2)c(Cl)c1. The summed E-state index contributed by atoms with van der Waals surface area (Å²) in [5, 5.41) is 0.636. The van der Waals surface area contributed by atoms with Gasteiger partial charge in [0.1, 0.15) is 0 Å². The third-order valence-corrected chi connectivity index (χ3v) is 3.45. The first-order valence-corrected chi connectivity index (χ1v) is 6.63. The maximum Gasteiger partial charge on any atom is 0.159 e. The van der Waals surface area contributed by atoms with Gasteiger partial charge in [-0.1, -0.05) is 11.6 Å². The number of Topliss-reactive ketones (excluding diaryl/α,β-unsaturated/α-hetero) is 1. The number of carbonyl (C=O) groups is 1. The molecule has 3 nitrogen and oxygen atoms in total. The lowest BCUT2D eigenvalue weighted by Gasteiger charge is -2.25. The number of hydrogen-bond acceptors (Lipinski definition) is 3. The van der Waals surface area contributed by atoms with E-state index in [4.69, 9.17) is 16.3 Å². The Kier molecular flexibility index (Phi) is 4.25. The molecule has 98 valence electrons. The average molecular weight is 268 g/mol. The van der Waals surface area contributed by atoms with Crippen molar-refractivity contribution in [2.45, 2.75) is 26.4 Å². The maximum absolute atomic E-state index is 11.3. The second-order valence-electron chi connectivity index (χ2n) is 4.70. The molecule has 2 rings (SSSR count). The third-order valence-electron chi connectivity index (χ3n) is 3.15. The number of halogens is 1. The Balaban J connectivity index is 2.24. The molecule has 1 heterocycles. The van der Waals surface area contributed by atoms with E-state index in [-0.39, 0.29) is 11.9 Å². The number of ketones is 1. The van der Waals surface area contributed by atoms with E-state index < -0.39 is 0 Å². The van der Waals surface area contributed by atoms with Crippen LogP contribution < -0.4 is 4.90 Å². The Labute approximate surface area is 113 Å². The lowest BCUT2D eigenvalue weighted by molar-refractivity contribution is 0.0821. The molecule has 1 unspecified atom stereocenters.